The number of hydrogen-bond acceptors (Lipinski definition) is 5. The van der Waals surface area contributed by atoms with Crippen molar-refractivity contribution in [2.45, 2.75) is 6.61 Å². The van der Waals surface area contributed by atoms with E-state index in [2.05, 4.69) is 14.0 Å². The van der Waals surface area contributed by atoms with Gasteiger partial charge in [0.25, 0.3) is 6.47 Å². The molecule has 1 heterocycles. The standard InChI is InChI=1S/C8H6ClNO4/c9-14-8(12)6-1-2-7(10-3-6)4-13-5-11/h1-3,5H,4H2. The highest BCUT2D eigenvalue weighted by Gasteiger charge is 2.06. The van der Waals surface area contributed by atoms with Gasteiger partial charge < -0.3 is 9.03 Å². The van der Waals surface area contributed by atoms with E-state index >= 15 is 0 Å². The van der Waals surface area contributed by atoms with Gasteiger partial charge >= 0.3 is 5.97 Å². The monoisotopic (exact) mass is 215 g/mol. The van der Waals surface area contributed by atoms with E-state index in [-0.39, 0.29) is 12.2 Å². The summed E-state index contributed by atoms with van der Waals surface area (Å²) >= 11 is 4.86. The first kappa shape index (κ1) is 10.5. The zero-order chi connectivity index (χ0) is 10.4. The Morgan fingerprint density at radius 2 is 2.36 bits per heavy atom. The van der Waals surface area contributed by atoms with E-state index in [1.165, 1.54) is 18.3 Å². The normalized spacial score (nSPS) is 9.21. The Kier molecular flexibility index (Phi) is 3.87. The van der Waals surface area contributed by atoms with E-state index < -0.39 is 5.97 Å². The van der Waals surface area contributed by atoms with Gasteiger partial charge in [0.1, 0.15) is 18.5 Å². The van der Waals surface area contributed by atoms with Crippen LogP contribution in [0.25, 0.3) is 0 Å². The highest BCUT2D eigenvalue weighted by atomic mass is 35.5. The fraction of sp³-hybridized carbons (Fsp3) is 0.125. The van der Waals surface area contributed by atoms with Crippen LogP contribution >= 0.6 is 11.9 Å². The molecule has 1 aromatic rings. The molecule has 1 rings (SSSR count). The van der Waals surface area contributed by atoms with E-state index in [1.807, 2.05) is 0 Å². The second-order valence-electron chi connectivity index (χ2n) is 2.31. The van der Waals surface area contributed by atoms with Crippen molar-refractivity contribution >= 4 is 24.3 Å². The second kappa shape index (κ2) is 5.18. The molecule has 5 nitrogen and oxygen atoms in total. The molecule has 0 aliphatic heterocycles. The van der Waals surface area contributed by atoms with Crippen molar-refractivity contribution in [1.82, 2.24) is 4.98 Å². The lowest BCUT2D eigenvalue weighted by Gasteiger charge is -1.99. The minimum atomic E-state index is -0.679. The van der Waals surface area contributed by atoms with Crippen LogP contribution in [0.15, 0.2) is 18.3 Å². The predicted molar refractivity (Wildman–Crippen MR) is 46.4 cm³/mol. The molecule has 0 fully saturated rings. The summed E-state index contributed by atoms with van der Waals surface area (Å²) in [6, 6.07) is 3.01. The van der Waals surface area contributed by atoms with Gasteiger partial charge in [-0.25, -0.2) is 4.79 Å². The van der Waals surface area contributed by atoms with E-state index in [1.54, 1.807) is 0 Å². The fourth-order valence-corrected chi connectivity index (χ4v) is 0.884. The highest BCUT2D eigenvalue weighted by molar-refractivity contribution is 6.15. The molecule has 0 saturated carbocycles. The Morgan fingerprint density at radius 1 is 1.57 bits per heavy atom. The first-order valence-electron chi connectivity index (χ1n) is 3.61. The molecule has 0 aromatic carbocycles. The van der Waals surface area contributed by atoms with Crippen LogP contribution < -0.4 is 0 Å². The van der Waals surface area contributed by atoms with E-state index in [0.29, 0.717) is 12.2 Å². The summed E-state index contributed by atoms with van der Waals surface area (Å²) in [4.78, 5) is 24.6. The maximum absolute atomic E-state index is 10.9. The quantitative estimate of drug-likeness (QED) is 0.703. The van der Waals surface area contributed by atoms with Crippen molar-refractivity contribution < 1.29 is 18.6 Å². The lowest BCUT2D eigenvalue weighted by Crippen LogP contribution is -2.00. The molecule has 0 aliphatic carbocycles. The topological polar surface area (TPSA) is 65.5 Å². The average molecular weight is 216 g/mol. The summed E-state index contributed by atoms with van der Waals surface area (Å²) in [7, 11) is 0. The van der Waals surface area contributed by atoms with Gasteiger partial charge in [0, 0.05) is 6.20 Å². The Bertz CT molecular complexity index is 325. The molecular formula is C8H6ClNO4. The van der Waals surface area contributed by atoms with Crippen LogP contribution in [0.4, 0.5) is 0 Å². The number of hydrogen-bond donors (Lipinski definition) is 0. The van der Waals surface area contributed by atoms with Crippen molar-refractivity contribution in [1.29, 1.82) is 0 Å². The third-order valence-electron chi connectivity index (χ3n) is 1.43. The number of nitrogens with zero attached hydrogens (tertiary/aromatic N) is 1. The third-order valence-corrected chi connectivity index (χ3v) is 1.57. The first-order chi connectivity index (χ1) is 6.77. The van der Waals surface area contributed by atoms with Crippen LogP contribution in [-0.4, -0.2) is 17.4 Å². The van der Waals surface area contributed by atoms with Crippen LogP contribution in [0.3, 0.4) is 0 Å². The fourth-order valence-electron chi connectivity index (χ4n) is 0.795. The zero-order valence-electron chi connectivity index (χ0n) is 6.97. The molecule has 6 heteroatoms. The molecule has 0 saturated heterocycles. The molecular weight excluding hydrogens is 210 g/mol. The van der Waals surface area contributed by atoms with Crippen molar-refractivity contribution in [3.05, 3.63) is 29.6 Å². The van der Waals surface area contributed by atoms with Gasteiger partial charge in [-0.3, -0.25) is 9.78 Å². The molecule has 0 spiro atoms. The number of halogens is 1. The highest BCUT2D eigenvalue weighted by Crippen LogP contribution is 2.04. The summed E-state index contributed by atoms with van der Waals surface area (Å²) in [6.45, 7) is 0.391. The first-order valence-corrected chi connectivity index (χ1v) is 3.92. The van der Waals surface area contributed by atoms with Gasteiger partial charge in [-0.05, 0) is 12.1 Å². The number of carbonyl (C=O) groups excluding carboxylic acids is 2. The molecule has 74 valence electrons. The molecule has 0 N–H and O–H groups in total. The number of pyridine rings is 1. The lowest BCUT2D eigenvalue weighted by atomic mass is 10.2. The number of aromatic nitrogens is 1. The van der Waals surface area contributed by atoms with Crippen LogP contribution in [0.1, 0.15) is 16.1 Å². The van der Waals surface area contributed by atoms with Gasteiger partial charge in [0.15, 0.2) is 0 Å². The average Bonchev–Trinajstić information content (AvgIpc) is 2.26. The van der Waals surface area contributed by atoms with E-state index in [0.717, 1.165) is 0 Å². The van der Waals surface area contributed by atoms with Crippen molar-refractivity contribution in [3.8, 4) is 0 Å². The van der Waals surface area contributed by atoms with Gasteiger partial charge in [-0.2, -0.15) is 0 Å². The van der Waals surface area contributed by atoms with Crippen LogP contribution in [-0.2, 0) is 20.4 Å². The molecule has 0 amide bonds. The van der Waals surface area contributed by atoms with Gasteiger partial charge in [-0.1, -0.05) is 0 Å². The Hall–Kier alpha value is -1.62. The Balaban J connectivity index is 2.68. The number of ether oxygens (including phenoxy) is 1. The molecule has 0 bridgehead atoms. The molecule has 0 atom stereocenters. The molecule has 0 aliphatic rings. The summed E-state index contributed by atoms with van der Waals surface area (Å²) < 4.78 is 8.42. The Labute approximate surface area is 84.8 Å². The second-order valence-corrected chi connectivity index (χ2v) is 2.46. The minimum absolute atomic E-state index is 0.0691. The van der Waals surface area contributed by atoms with Gasteiger partial charge in [0.05, 0.1) is 11.3 Å². The molecule has 0 unspecified atom stereocenters. The van der Waals surface area contributed by atoms with Crippen molar-refractivity contribution in [2.24, 2.45) is 0 Å². The summed E-state index contributed by atoms with van der Waals surface area (Å²) in [6.07, 6.45) is 1.29. The smallest absolute Gasteiger partial charge is 0.357 e. The number of rotatable bonds is 4. The SMILES string of the molecule is O=COCc1ccc(C(=O)OCl)cn1. The largest absolute Gasteiger partial charge is 0.461 e. The van der Waals surface area contributed by atoms with Crippen LogP contribution in [0.2, 0.25) is 0 Å². The molecule has 0 radical (unpaired) electrons. The van der Waals surface area contributed by atoms with E-state index in [4.69, 9.17) is 11.9 Å². The Morgan fingerprint density at radius 3 is 2.86 bits per heavy atom. The number of carbonyl (C=O) groups is 2. The van der Waals surface area contributed by atoms with Crippen molar-refractivity contribution in [3.63, 3.8) is 0 Å². The third kappa shape index (κ3) is 2.70. The van der Waals surface area contributed by atoms with Crippen molar-refractivity contribution in [2.75, 3.05) is 0 Å². The van der Waals surface area contributed by atoms with Gasteiger partial charge in [-0.15, -0.1) is 0 Å². The van der Waals surface area contributed by atoms with Crippen LogP contribution in [0, 0.1) is 0 Å². The maximum atomic E-state index is 10.9. The summed E-state index contributed by atoms with van der Waals surface area (Å²) in [5, 5.41) is 0. The summed E-state index contributed by atoms with van der Waals surface area (Å²) in [5.41, 5.74) is 0.762. The molecule has 1 aromatic heterocycles. The lowest BCUT2D eigenvalue weighted by molar-refractivity contribution is -0.129. The predicted octanol–water partition coefficient (Wildman–Crippen LogP) is 1.07. The van der Waals surface area contributed by atoms with E-state index in [9.17, 15) is 9.59 Å². The van der Waals surface area contributed by atoms with Gasteiger partial charge in [0.2, 0.25) is 0 Å². The molecule has 14 heavy (non-hydrogen) atoms. The minimum Gasteiger partial charge on any atom is -0.461 e. The van der Waals surface area contributed by atoms with Crippen LogP contribution in [0.5, 0.6) is 0 Å². The maximum Gasteiger partial charge on any atom is 0.357 e. The summed E-state index contributed by atoms with van der Waals surface area (Å²) in [5.74, 6) is -0.679. The zero-order valence-corrected chi connectivity index (χ0v) is 7.73.